The van der Waals surface area contributed by atoms with E-state index in [0.717, 1.165) is 11.8 Å². The van der Waals surface area contributed by atoms with Crippen LogP contribution in [0.15, 0.2) is 23.4 Å². The number of carboxylic acids is 1. The Bertz CT molecular complexity index is 603. The maximum Gasteiger partial charge on any atom is 0.313 e. The molecule has 0 aliphatic rings. The van der Waals surface area contributed by atoms with Crippen molar-refractivity contribution < 1.29 is 19.0 Å². The normalized spacial score (nSPS) is 10.4. The van der Waals surface area contributed by atoms with E-state index in [4.69, 9.17) is 9.84 Å². The molecule has 6 nitrogen and oxygen atoms in total. The van der Waals surface area contributed by atoms with Gasteiger partial charge >= 0.3 is 5.97 Å². The molecule has 8 heteroatoms. The van der Waals surface area contributed by atoms with Crippen molar-refractivity contribution in [2.75, 3.05) is 12.9 Å². The number of halogens is 1. The number of nitrogens with one attached hydrogen (secondary N) is 1. The molecule has 0 fully saturated rings. The Kier molecular flexibility index (Phi) is 4.00. The zero-order chi connectivity index (χ0) is 13.8. The van der Waals surface area contributed by atoms with Crippen LogP contribution in [0.25, 0.3) is 11.4 Å². The fourth-order valence-electron chi connectivity index (χ4n) is 1.39. The third kappa shape index (κ3) is 3.44. The van der Waals surface area contributed by atoms with Crippen molar-refractivity contribution in [3.05, 3.63) is 24.0 Å². The van der Waals surface area contributed by atoms with Crippen molar-refractivity contribution in [1.82, 2.24) is 15.2 Å². The van der Waals surface area contributed by atoms with Crippen molar-refractivity contribution in [3.63, 3.8) is 0 Å². The third-order valence-electron chi connectivity index (χ3n) is 2.18. The number of thioether (sulfide) groups is 1. The van der Waals surface area contributed by atoms with Crippen LogP contribution in [-0.4, -0.2) is 39.1 Å². The highest BCUT2D eigenvalue weighted by molar-refractivity contribution is 7.99. The molecule has 1 aromatic heterocycles. The highest BCUT2D eigenvalue weighted by Crippen LogP contribution is 2.24. The molecule has 0 amide bonds. The molecule has 0 aliphatic carbocycles. The summed E-state index contributed by atoms with van der Waals surface area (Å²) < 4.78 is 18.3. The van der Waals surface area contributed by atoms with E-state index in [2.05, 4.69) is 15.2 Å². The molecular formula is C11H10FN3O3S. The van der Waals surface area contributed by atoms with E-state index in [9.17, 15) is 9.18 Å². The summed E-state index contributed by atoms with van der Waals surface area (Å²) in [6.07, 6.45) is 0. The van der Waals surface area contributed by atoms with Crippen molar-refractivity contribution in [1.29, 1.82) is 0 Å². The molecule has 0 spiro atoms. The maximum absolute atomic E-state index is 13.3. The standard InChI is InChI=1S/C11H10FN3O3S/c1-18-8-3-6(2-7(12)4-8)10-13-11(15-14-10)19-5-9(16)17/h2-4H,5H2,1H3,(H,16,17)(H,13,14,15). The van der Waals surface area contributed by atoms with Crippen LogP contribution >= 0.6 is 11.8 Å². The molecular weight excluding hydrogens is 273 g/mol. The maximum atomic E-state index is 13.3. The number of hydrogen-bond donors (Lipinski definition) is 2. The van der Waals surface area contributed by atoms with Gasteiger partial charge in [-0.3, -0.25) is 4.79 Å². The molecule has 0 aliphatic heterocycles. The smallest absolute Gasteiger partial charge is 0.313 e. The quantitative estimate of drug-likeness (QED) is 0.813. The molecule has 0 radical (unpaired) electrons. The molecule has 0 unspecified atom stereocenters. The van der Waals surface area contributed by atoms with Crippen LogP contribution in [0.5, 0.6) is 5.75 Å². The first-order chi connectivity index (χ1) is 9.08. The number of methoxy groups -OCH3 is 1. The van der Waals surface area contributed by atoms with Gasteiger partial charge < -0.3 is 14.8 Å². The molecule has 1 aromatic carbocycles. The van der Waals surface area contributed by atoms with Crippen LogP contribution in [0.2, 0.25) is 0 Å². The minimum Gasteiger partial charge on any atom is -0.497 e. The van der Waals surface area contributed by atoms with E-state index in [1.165, 1.54) is 19.2 Å². The van der Waals surface area contributed by atoms with Gasteiger partial charge in [0.25, 0.3) is 0 Å². The average molecular weight is 283 g/mol. The number of carbonyl (C=O) groups is 1. The predicted octanol–water partition coefficient (Wildman–Crippen LogP) is 1.80. The number of H-pyrrole nitrogens is 1. The van der Waals surface area contributed by atoms with Crippen molar-refractivity contribution in [2.45, 2.75) is 5.16 Å². The van der Waals surface area contributed by atoms with E-state index < -0.39 is 11.8 Å². The highest BCUT2D eigenvalue weighted by atomic mass is 32.2. The van der Waals surface area contributed by atoms with Gasteiger partial charge in [0.1, 0.15) is 11.6 Å². The number of rotatable bonds is 5. The second-order valence-corrected chi connectivity index (χ2v) is 4.50. The number of aromatic nitrogens is 3. The molecule has 19 heavy (non-hydrogen) atoms. The summed E-state index contributed by atoms with van der Waals surface area (Å²) in [6, 6.07) is 4.14. The number of nitrogens with zero attached hydrogens (tertiary/aromatic N) is 2. The molecule has 2 aromatic rings. The lowest BCUT2D eigenvalue weighted by atomic mass is 10.2. The molecule has 0 saturated heterocycles. The van der Waals surface area contributed by atoms with Crippen LogP contribution in [0.4, 0.5) is 4.39 Å². The second-order valence-electron chi connectivity index (χ2n) is 3.54. The van der Waals surface area contributed by atoms with Gasteiger partial charge in [0, 0.05) is 11.6 Å². The lowest BCUT2D eigenvalue weighted by Gasteiger charge is -2.02. The number of hydrogen-bond acceptors (Lipinski definition) is 5. The lowest BCUT2D eigenvalue weighted by Crippen LogP contribution is -1.97. The summed E-state index contributed by atoms with van der Waals surface area (Å²) in [4.78, 5) is 13.2. The molecule has 100 valence electrons. The van der Waals surface area contributed by atoms with Crippen molar-refractivity contribution in [3.8, 4) is 17.1 Å². The van der Waals surface area contributed by atoms with Crippen LogP contribution < -0.4 is 4.74 Å². The van der Waals surface area contributed by atoms with Gasteiger partial charge in [-0.05, 0) is 12.1 Å². The Hall–Kier alpha value is -2.09. The Labute approximate surface area is 112 Å². The van der Waals surface area contributed by atoms with Gasteiger partial charge in [-0.2, -0.15) is 0 Å². The summed E-state index contributed by atoms with van der Waals surface area (Å²) in [5.74, 6) is -0.807. The summed E-state index contributed by atoms with van der Waals surface area (Å²) in [5, 5.41) is 16.5. The van der Waals surface area contributed by atoms with E-state index in [1.807, 2.05) is 0 Å². The number of aliphatic carboxylic acids is 1. The first kappa shape index (κ1) is 13.3. The highest BCUT2D eigenvalue weighted by Gasteiger charge is 2.10. The van der Waals surface area contributed by atoms with E-state index in [-0.39, 0.29) is 5.75 Å². The molecule has 2 rings (SSSR count). The van der Waals surface area contributed by atoms with Crippen LogP contribution in [0, 0.1) is 5.82 Å². The lowest BCUT2D eigenvalue weighted by molar-refractivity contribution is -0.133. The Balaban J connectivity index is 2.22. The van der Waals surface area contributed by atoms with Gasteiger partial charge in [-0.15, -0.1) is 10.2 Å². The number of carboxylic acid groups (broad SMARTS) is 1. The monoisotopic (exact) mass is 283 g/mol. The largest absolute Gasteiger partial charge is 0.497 e. The summed E-state index contributed by atoms with van der Waals surface area (Å²) in [5.41, 5.74) is 0.478. The Morgan fingerprint density at radius 1 is 1.47 bits per heavy atom. The first-order valence-electron chi connectivity index (χ1n) is 5.20. The summed E-state index contributed by atoms with van der Waals surface area (Å²) in [6.45, 7) is 0. The van der Waals surface area contributed by atoms with Gasteiger partial charge in [0.15, 0.2) is 11.0 Å². The molecule has 2 N–H and O–H groups in total. The third-order valence-corrected chi connectivity index (χ3v) is 3.03. The SMILES string of the molecule is COc1cc(F)cc(-c2nnc(SCC(=O)O)[nH]2)c1. The van der Waals surface area contributed by atoms with Crippen LogP contribution in [0.1, 0.15) is 0 Å². The van der Waals surface area contributed by atoms with Gasteiger partial charge in [-0.25, -0.2) is 4.39 Å². The van der Waals surface area contributed by atoms with Gasteiger partial charge in [0.05, 0.1) is 12.9 Å². The molecule has 1 heterocycles. The van der Waals surface area contributed by atoms with E-state index in [1.54, 1.807) is 6.07 Å². The summed E-state index contributed by atoms with van der Waals surface area (Å²) in [7, 11) is 1.44. The topological polar surface area (TPSA) is 88.1 Å². The molecule has 0 saturated carbocycles. The van der Waals surface area contributed by atoms with E-state index in [0.29, 0.717) is 22.3 Å². The fourth-order valence-corrected chi connectivity index (χ4v) is 1.92. The zero-order valence-electron chi connectivity index (χ0n) is 9.88. The van der Waals surface area contributed by atoms with Crippen LogP contribution in [-0.2, 0) is 4.79 Å². The van der Waals surface area contributed by atoms with Crippen molar-refractivity contribution in [2.24, 2.45) is 0 Å². The number of aromatic amines is 1. The first-order valence-corrected chi connectivity index (χ1v) is 6.19. The number of ether oxygens (including phenoxy) is 1. The molecule has 0 atom stereocenters. The average Bonchev–Trinajstić information content (AvgIpc) is 2.84. The zero-order valence-corrected chi connectivity index (χ0v) is 10.7. The molecule has 0 bridgehead atoms. The minimum absolute atomic E-state index is 0.124. The van der Waals surface area contributed by atoms with Gasteiger partial charge in [-0.1, -0.05) is 11.8 Å². The number of benzene rings is 1. The fraction of sp³-hybridized carbons (Fsp3) is 0.182. The van der Waals surface area contributed by atoms with Gasteiger partial charge in [0.2, 0.25) is 0 Å². The van der Waals surface area contributed by atoms with Crippen molar-refractivity contribution >= 4 is 17.7 Å². The minimum atomic E-state index is -0.949. The summed E-state index contributed by atoms with van der Waals surface area (Å²) >= 11 is 1.00. The Morgan fingerprint density at radius 2 is 2.26 bits per heavy atom. The Morgan fingerprint density at radius 3 is 2.95 bits per heavy atom. The second kappa shape index (κ2) is 5.70. The van der Waals surface area contributed by atoms with Crippen LogP contribution in [0.3, 0.4) is 0 Å². The predicted molar refractivity (Wildman–Crippen MR) is 66.7 cm³/mol. The van der Waals surface area contributed by atoms with E-state index >= 15 is 0 Å².